The number of pyridine rings is 1. The minimum atomic E-state index is -0.485. The lowest BCUT2D eigenvalue weighted by Gasteiger charge is -2.16. The zero-order valence-electron chi connectivity index (χ0n) is 14.5. The highest BCUT2D eigenvalue weighted by Crippen LogP contribution is 2.28. The Bertz CT molecular complexity index is 1010. The van der Waals surface area contributed by atoms with Crippen LogP contribution in [0.1, 0.15) is 29.8 Å². The summed E-state index contributed by atoms with van der Waals surface area (Å²) in [5.74, 6) is 0. The molecule has 3 aromatic rings. The Morgan fingerprint density at radius 3 is 2.88 bits per heavy atom. The molecule has 0 bridgehead atoms. The van der Waals surface area contributed by atoms with Crippen molar-refractivity contribution in [1.82, 2.24) is 19.6 Å². The number of ether oxygens (including phenoxy) is 1. The third-order valence-corrected chi connectivity index (χ3v) is 3.78. The van der Waals surface area contributed by atoms with Gasteiger partial charge in [0.15, 0.2) is 5.65 Å². The summed E-state index contributed by atoms with van der Waals surface area (Å²) < 4.78 is 7.07. The lowest BCUT2D eigenvalue weighted by atomic mass is 10.1. The smallest absolute Gasteiger partial charge is 0.323 e. The fraction of sp³-hybridized carbons (Fsp3) is 0.235. The molecular formula is C17H17N7O2. The lowest BCUT2D eigenvalue weighted by Crippen LogP contribution is -2.21. The Labute approximate surface area is 149 Å². The third-order valence-electron chi connectivity index (χ3n) is 3.78. The average Bonchev–Trinajstić information content (AvgIpc) is 3.01. The molecule has 9 heteroatoms. The van der Waals surface area contributed by atoms with E-state index in [0.29, 0.717) is 22.6 Å². The SMILES string of the molecule is COC(C)c1c(NC(=O)Nc2cncc(C#N)c2)cnn2cc(C)nc12. The summed E-state index contributed by atoms with van der Waals surface area (Å²) >= 11 is 0. The summed E-state index contributed by atoms with van der Waals surface area (Å²) in [6.45, 7) is 3.73. The average molecular weight is 351 g/mol. The second-order valence-corrected chi connectivity index (χ2v) is 5.65. The van der Waals surface area contributed by atoms with Gasteiger partial charge in [-0.15, -0.1) is 0 Å². The van der Waals surface area contributed by atoms with E-state index >= 15 is 0 Å². The van der Waals surface area contributed by atoms with Crippen molar-refractivity contribution in [2.45, 2.75) is 20.0 Å². The molecule has 9 nitrogen and oxygen atoms in total. The van der Waals surface area contributed by atoms with Gasteiger partial charge in [0, 0.05) is 13.3 Å². The molecule has 0 aliphatic rings. The fourth-order valence-corrected chi connectivity index (χ4v) is 2.54. The van der Waals surface area contributed by atoms with E-state index in [1.165, 1.54) is 18.5 Å². The van der Waals surface area contributed by atoms with Gasteiger partial charge in [0.1, 0.15) is 6.07 Å². The Hall–Kier alpha value is -3.51. The van der Waals surface area contributed by atoms with Gasteiger partial charge in [-0.05, 0) is 19.9 Å². The van der Waals surface area contributed by atoms with Crippen LogP contribution < -0.4 is 10.6 Å². The molecule has 0 fully saturated rings. The summed E-state index contributed by atoms with van der Waals surface area (Å²) in [6, 6.07) is 3.02. The molecule has 1 unspecified atom stereocenters. The van der Waals surface area contributed by atoms with E-state index in [1.807, 2.05) is 19.9 Å². The summed E-state index contributed by atoms with van der Waals surface area (Å²) in [5, 5.41) is 18.6. The van der Waals surface area contributed by atoms with Gasteiger partial charge in [0.2, 0.25) is 0 Å². The molecule has 3 rings (SSSR count). The zero-order chi connectivity index (χ0) is 18.7. The van der Waals surface area contributed by atoms with Gasteiger partial charge in [-0.25, -0.2) is 14.3 Å². The molecule has 0 spiro atoms. The predicted octanol–water partition coefficient (Wildman–Crippen LogP) is 2.66. The first-order valence-electron chi connectivity index (χ1n) is 7.82. The number of methoxy groups -OCH3 is 1. The van der Waals surface area contributed by atoms with E-state index in [4.69, 9.17) is 10.00 Å². The van der Waals surface area contributed by atoms with E-state index in [0.717, 1.165) is 11.3 Å². The number of carbonyl (C=O) groups excluding carboxylic acids is 1. The Morgan fingerprint density at radius 1 is 1.35 bits per heavy atom. The number of aromatic nitrogens is 4. The first-order valence-corrected chi connectivity index (χ1v) is 7.82. The maximum absolute atomic E-state index is 12.4. The molecule has 2 N–H and O–H groups in total. The number of hydrogen-bond donors (Lipinski definition) is 2. The second-order valence-electron chi connectivity index (χ2n) is 5.65. The molecule has 0 saturated heterocycles. The largest absolute Gasteiger partial charge is 0.377 e. The molecule has 2 amide bonds. The maximum Gasteiger partial charge on any atom is 0.323 e. The van der Waals surface area contributed by atoms with E-state index in [-0.39, 0.29) is 6.10 Å². The van der Waals surface area contributed by atoms with Gasteiger partial charge in [-0.3, -0.25) is 4.98 Å². The van der Waals surface area contributed by atoms with E-state index in [2.05, 4.69) is 25.7 Å². The van der Waals surface area contributed by atoms with E-state index in [1.54, 1.807) is 24.0 Å². The van der Waals surface area contributed by atoms with Crippen LogP contribution in [0.15, 0.2) is 30.9 Å². The summed E-state index contributed by atoms with van der Waals surface area (Å²) in [6.07, 6.45) is 5.91. The first kappa shape index (κ1) is 17.3. The molecule has 0 radical (unpaired) electrons. The number of nitriles is 1. The number of rotatable bonds is 4. The number of urea groups is 1. The van der Waals surface area contributed by atoms with Crippen molar-refractivity contribution in [2.75, 3.05) is 17.7 Å². The molecule has 1 atom stereocenters. The Balaban J connectivity index is 1.90. The molecule has 0 aliphatic heterocycles. The summed E-state index contributed by atoms with van der Waals surface area (Å²) in [5.41, 5.74) is 3.39. The van der Waals surface area contributed by atoms with Gasteiger partial charge < -0.3 is 15.4 Å². The Morgan fingerprint density at radius 2 is 2.15 bits per heavy atom. The monoisotopic (exact) mass is 351 g/mol. The van der Waals surface area contributed by atoms with Gasteiger partial charge in [0.05, 0.1) is 52.9 Å². The van der Waals surface area contributed by atoms with Crippen LogP contribution in [0.25, 0.3) is 5.65 Å². The van der Waals surface area contributed by atoms with Crippen LogP contribution in [-0.2, 0) is 4.74 Å². The fourth-order valence-electron chi connectivity index (χ4n) is 2.54. The van der Waals surface area contributed by atoms with Crippen molar-refractivity contribution in [3.63, 3.8) is 0 Å². The number of fused-ring (bicyclic) bond motifs is 1. The van der Waals surface area contributed by atoms with Crippen molar-refractivity contribution in [2.24, 2.45) is 0 Å². The molecule has 0 aliphatic carbocycles. The van der Waals surface area contributed by atoms with Crippen LogP contribution in [0, 0.1) is 18.3 Å². The number of aryl methyl sites for hydroxylation is 1. The zero-order valence-corrected chi connectivity index (χ0v) is 14.5. The van der Waals surface area contributed by atoms with Gasteiger partial charge >= 0.3 is 6.03 Å². The number of nitrogens with zero attached hydrogens (tertiary/aromatic N) is 5. The molecule has 3 aromatic heterocycles. The molecule has 3 heterocycles. The highest BCUT2D eigenvalue weighted by atomic mass is 16.5. The van der Waals surface area contributed by atoms with Crippen LogP contribution in [0.2, 0.25) is 0 Å². The van der Waals surface area contributed by atoms with Crippen LogP contribution in [0.4, 0.5) is 16.2 Å². The number of carbonyl (C=O) groups is 1. The highest BCUT2D eigenvalue weighted by molar-refractivity contribution is 6.00. The van der Waals surface area contributed by atoms with Gasteiger partial charge in [-0.2, -0.15) is 10.4 Å². The summed E-state index contributed by atoms with van der Waals surface area (Å²) in [4.78, 5) is 20.7. The van der Waals surface area contributed by atoms with Crippen molar-refractivity contribution < 1.29 is 9.53 Å². The standard InChI is InChI=1S/C17H17N7O2/c1-10-9-24-16(21-10)15(11(2)26-3)14(8-20-24)23-17(25)22-13-4-12(5-18)6-19-7-13/h4,6-9,11H,1-3H3,(H2,22,23,25). The molecule has 26 heavy (non-hydrogen) atoms. The molecule has 0 aromatic carbocycles. The first-order chi connectivity index (χ1) is 12.5. The van der Waals surface area contributed by atoms with Crippen molar-refractivity contribution >= 4 is 23.1 Å². The van der Waals surface area contributed by atoms with Crippen LogP contribution >= 0.6 is 0 Å². The highest BCUT2D eigenvalue weighted by Gasteiger charge is 2.19. The minimum absolute atomic E-state index is 0.304. The number of nitrogens with one attached hydrogen (secondary N) is 2. The normalized spacial score (nSPS) is 11.8. The summed E-state index contributed by atoms with van der Waals surface area (Å²) in [7, 11) is 1.58. The van der Waals surface area contributed by atoms with Crippen LogP contribution in [0.5, 0.6) is 0 Å². The molecule has 132 valence electrons. The Kier molecular flexibility index (Phi) is 4.77. The topological polar surface area (TPSA) is 117 Å². The van der Waals surface area contributed by atoms with E-state index < -0.39 is 6.03 Å². The van der Waals surface area contributed by atoms with Crippen LogP contribution in [0.3, 0.4) is 0 Å². The number of hydrogen-bond acceptors (Lipinski definition) is 6. The van der Waals surface area contributed by atoms with Gasteiger partial charge in [-0.1, -0.05) is 0 Å². The van der Waals surface area contributed by atoms with Crippen LogP contribution in [-0.4, -0.2) is 32.7 Å². The molecule has 0 saturated carbocycles. The van der Waals surface area contributed by atoms with E-state index in [9.17, 15) is 4.79 Å². The quantitative estimate of drug-likeness (QED) is 0.746. The second kappa shape index (κ2) is 7.16. The third kappa shape index (κ3) is 3.45. The van der Waals surface area contributed by atoms with Crippen molar-refractivity contribution in [3.8, 4) is 6.07 Å². The minimum Gasteiger partial charge on any atom is -0.377 e. The lowest BCUT2D eigenvalue weighted by molar-refractivity contribution is 0.120. The number of amides is 2. The van der Waals surface area contributed by atoms with Crippen molar-refractivity contribution in [3.05, 3.63) is 47.7 Å². The number of imidazole rings is 1. The number of anilines is 2. The molecular weight excluding hydrogens is 334 g/mol. The maximum atomic E-state index is 12.4. The van der Waals surface area contributed by atoms with Gasteiger partial charge in [0.25, 0.3) is 0 Å². The predicted molar refractivity (Wildman–Crippen MR) is 94.7 cm³/mol. The van der Waals surface area contributed by atoms with Crippen molar-refractivity contribution in [1.29, 1.82) is 5.26 Å².